The molecule has 0 spiro atoms. The van der Waals surface area contributed by atoms with Crippen LogP contribution < -0.4 is 10.6 Å². The van der Waals surface area contributed by atoms with Crippen LogP contribution in [0.4, 0.5) is 13.2 Å². The summed E-state index contributed by atoms with van der Waals surface area (Å²) < 4.78 is 38.5. The normalized spacial score (nSPS) is 22.8. The third-order valence-corrected chi connectivity index (χ3v) is 4.93. The van der Waals surface area contributed by atoms with Gasteiger partial charge in [-0.05, 0) is 56.3 Å². The monoisotopic (exact) mass is 326 g/mol. The fourth-order valence-corrected chi connectivity index (χ4v) is 3.28. The van der Waals surface area contributed by atoms with Crippen LogP contribution in [-0.4, -0.2) is 25.5 Å². The van der Waals surface area contributed by atoms with Crippen LogP contribution in [0.15, 0.2) is 24.3 Å². The molecule has 3 rings (SSSR count). The number of benzene rings is 1. The summed E-state index contributed by atoms with van der Waals surface area (Å²) in [5, 5.41) is 6.20. The molecule has 0 aromatic heterocycles. The van der Waals surface area contributed by atoms with Crippen molar-refractivity contribution in [1.82, 2.24) is 10.6 Å². The Kier molecular flexibility index (Phi) is 4.36. The van der Waals surface area contributed by atoms with Gasteiger partial charge in [0.15, 0.2) is 0 Å². The van der Waals surface area contributed by atoms with Crippen LogP contribution >= 0.6 is 0 Å². The van der Waals surface area contributed by atoms with E-state index < -0.39 is 17.2 Å². The number of carbonyl (C=O) groups is 1. The molecule has 1 unspecified atom stereocenters. The minimum atomic E-state index is -4.38. The summed E-state index contributed by atoms with van der Waals surface area (Å²) in [5.74, 6) is 0.446. The second-order valence-electron chi connectivity index (χ2n) is 6.56. The van der Waals surface area contributed by atoms with Crippen molar-refractivity contribution in [3.63, 3.8) is 0 Å². The Hall–Kier alpha value is -1.56. The third kappa shape index (κ3) is 3.52. The average molecular weight is 326 g/mol. The molecule has 6 heteroatoms. The summed E-state index contributed by atoms with van der Waals surface area (Å²) in [7, 11) is 0. The molecule has 0 bridgehead atoms. The van der Waals surface area contributed by atoms with Gasteiger partial charge in [0.05, 0.1) is 11.0 Å². The maximum Gasteiger partial charge on any atom is 0.416 e. The van der Waals surface area contributed by atoms with E-state index in [9.17, 15) is 18.0 Å². The number of nitrogens with one attached hydrogen (secondary N) is 2. The first-order chi connectivity index (χ1) is 10.9. The lowest BCUT2D eigenvalue weighted by Crippen LogP contribution is -2.36. The smallest absolute Gasteiger partial charge is 0.355 e. The molecule has 1 aliphatic heterocycles. The van der Waals surface area contributed by atoms with Crippen molar-refractivity contribution in [2.45, 2.75) is 37.3 Å². The maximum absolute atomic E-state index is 12.8. The van der Waals surface area contributed by atoms with E-state index in [2.05, 4.69) is 10.6 Å². The summed E-state index contributed by atoms with van der Waals surface area (Å²) in [6.45, 7) is 2.59. The van der Waals surface area contributed by atoms with Gasteiger partial charge in [0.1, 0.15) is 0 Å². The molecule has 2 N–H and O–H groups in total. The number of carbonyl (C=O) groups excluding carboxylic acids is 1. The Morgan fingerprint density at radius 2 is 2.13 bits per heavy atom. The highest BCUT2D eigenvalue weighted by atomic mass is 19.4. The van der Waals surface area contributed by atoms with Crippen molar-refractivity contribution in [3.8, 4) is 0 Å². The van der Waals surface area contributed by atoms with Gasteiger partial charge in [0.2, 0.25) is 5.91 Å². The highest BCUT2D eigenvalue weighted by Crippen LogP contribution is 2.49. The van der Waals surface area contributed by atoms with Gasteiger partial charge < -0.3 is 10.6 Å². The number of hydrogen-bond donors (Lipinski definition) is 2. The lowest BCUT2D eigenvalue weighted by molar-refractivity contribution is -0.137. The summed E-state index contributed by atoms with van der Waals surface area (Å²) >= 11 is 0. The molecule has 1 saturated carbocycles. The van der Waals surface area contributed by atoms with E-state index in [1.807, 2.05) is 0 Å². The summed E-state index contributed by atoms with van der Waals surface area (Å²) in [6, 6.07) is 5.18. The predicted octanol–water partition coefficient (Wildman–Crippen LogP) is 2.85. The Labute approximate surface area is 133 Å². The number of rotatable bonds is 5. The second kappa shape index (κ2) is 6.15. The fraction of sp³-hybridized carbons (Fsp3) is 0.588. The molecule has 1 aliphatic carbocycles. The zero-order valence-electron chi connectivity index (χ0n) is 12.9. The van der Waals surface area contributed by atoms with Crippen molar-refractivity contribution in [2.24, 2.45) is 5.92 Å². The van der Waals surface area contributed by atoms with Gasteiger partial charge in [-0.3, -0.25) is 4.79 Å². The maximum atomic E-state index is 12.8. The van der Waals surface area contributed by atoms with Gasteiger partial charge >= 0.3 is 6.18 Å². The van der Waals surface area contributed by atoms with Crippen LogP contribution in [0, 0.1) is 5.92 Å². The lowest BCUT2D eigenvalue weighted by Gasteiger charge is -2.18. The fourth-order valence-electron chi connectivity index (χ4n) is 3.28. The van der Waals surface area contributed by atoms with E-state index in [1.165, 1.54) is 6.07 Å². The summed E-state index contributed by atoms with van der Waals surface area (Å²) in [4.78, 5) is 12.5. The SMILES string of the molecule is O=C(NCCC1CCNC1)C1(c2cccc(C(F)(F)F)c2)CC1. The van der Waals surface area contributed by atoms with Crippen molar-refractivity contribution >= 4 is 5.91 Å². The summed E-state index contributed by atoms with van der Waals surface area (Å²) in [6.07, 6.45) is -1.11. The first kappa shape index (κ1) is 16.3. The van der Waals surface area contributed by atoms with Crippen LogP contribution in [0.25, 0.3) is 0 Å². The minimum Gasteiger partial charge on any atom is -0.355 e. The minimum absolute atomic E-state index is 0.136. The molecular weight excluding hydrogens is 305 g/mol. The Bertz CT molecular complexity index is 575. The van der Waals surface area contributed by atoms with Crippen LogP contribution in [0.3, 0.4) is 0 Å². The predicted molar refractivity (Wildman–Crippen MR) is 81.0 cm³/mol. The van der Waals surface area contributed by atoms with Crippen LogP contribution in [-0.2, 0) is 16.4 Å². The van der Waals surface area contributed by atoms with Gasteiger partial charge in [-0.15, -0.1) is 0 Å². The van der Waals surface area contributed by atoms with Gasteiger partial charge in [-0.1, -0.05) is 18.2 Å². The number of halogens is 3. The molecule has 23 heavy (non-hydrogen) atoms. The standard InChI is InChI=1S/C17H21F3N2O/c18-17(19,20)14-3-1-2-13(10-14)16(6-7-16)15(23)22-9-5-12-4-8-21-11-12/h1-3,10,12,21H,4-9,11H2,(H,22,23). The van der Waals surface area contributed by atoms with E-state index >= 15 is 0 Å². The van der Waals surface area contributed by atoms with Crippen molar-refractivity contribution in [2.75, 3.05) is 19.6 Å². The van der Waals surface area contributed by atoms with Crippen molar-refractivity contribution < 1.29 is 18.0 Å². The molecule has 0 radical (unpaired) electrons. The van der Waals surface area contributed by atoms with Crippen LogP contribution in [0.1, 0.15) is 36.8 Å². The third-order valence-electron chi connectivity index (χ3n) is 4.93. The lowest BCUT2D eigenvalue weighted by atomic mass is 9.93. The zero-order chi connectivity index (χ0) is 16.5. The molecule has 1 amide bonds. The highest BCUT2D eigenvalue weighted by molar-refractivity contribution is 5.91. The van der Waals surface area contributed by atoms with E-state index in [-0.39, 0.29) is 5.91 Å². The molecule has 2 fully saturated rings. The van der Waals surface area contributed by atoms with Gasteiger partial charge in [0, 0.05) is 6.54 Å². The van der Waals surface area contributed by atoms with Crippen LogP contribution in [0.5, 0.6) is 0 Å². The van der Waals surface area contributed by atoms with E-state index in [0.29, 0.717) is 30.9 Å². The first-order valence-electron chi connectivity index (χ1n) is 8.08. The quantitative estimate of drug-likeness (QED) is 0.874. The second-order valence-corrected chi connectivity index (χ2v) is 6.56. The molecule has 126 valence electrons. The summed E-state index contributed by atoms with van der Waals surface area (Å²) in [5.41, 5.74) is -0.965. The number of alkyl halides is 3. The molecule has 1 aromatic rings. The van der Waals surface area contributed by atoms with Crippen molar-refractivity contribution in [1.29, 1.82) is 0 Å². The van der Waals surface area contributed by atoms with E-state index in [0.717, 1.165) is 38.1 Å². The van der Waals surface area contributed by atoms with Crippen LogP contribution in [0.2, 0.25) is 0 Å². The van der Waals surface area contributed by atoms with E-state index in [1.54, 1.807) is 6.07 Å². The Balaban J connectivity index is 1.63. The molecule has 1 saturated heterocycles. The molecule has 1 aromatic carbocycles. The largest absolute Gasteiger partial charge is 0.416 e. The van der Waals surface area contributed by atoms with E-state index in [4.69, 9.17) is 0 Å². The molecular formula is C17H21F3N2O. The topological polar surface area (TPSA) is 41.1 Å². The Morgan fingerprint density at radius 1 is 1.35 bits per heavy atom. The molecule has 1 atom stereocenters. The molecule has 1 heterocycles. The van der Waals surface area contributed by atoms with Gasteiger partial charge in [-0.25, -0.2) is 0 Å². The first-order valence-corrected chi connectivity index (χ1v) is 8.08. The highest BCUT2D eigenvalue weighted by Gasteiger charge is 2.51. The average Bonchev–Trinajstić information content (AvgIpc) is 3.17. The molecule has 2 aliphatic rings. The Morgan fingerprint density at radius 3 is 2.74 bits per heavy atom. The van der Waals surface area contributed by atoms with Gasteiger partial charge in [-0.2, -0.15) is 13.2 Å². The zero-order valence-corrected chi connectivity index (χ0v) is 12.9. The number of hydrogen-bond acceptors (Lipinski definition) is 2. The van der Waals surface area contributed by atoms with Gasteiger partial charge in [0.25, 0.3) is 0 Å². The molecule has 3 nitrogen and oxygen atoms in total. The number of amides is 1. The van der Waals surface area contributed by atoms with Crippen molar-refractivity contribution in [3.05, 3.63) is 35.4 Å².